The lowest BCUT2D eigenvalue weighted by atomic mass is 10.0. The molecular formula is C11H16N4O2. The summed E-state index contributed by atoms with van der Waals surface area (Å²) in [5.41, 5.74) is 1.83. The zero-order valence-electron chi connectivity index (χ0n) is 10.2. The number of nitrogens with two attached hydrogens (primary N) is 2. The molecule has 0 aromatic heterocycles. The molecule has 2 heterocycles. The predicted molar refractivity (Wildman–Crippen MR) is 61.2 cm³/mol. The van der Waals surface area contributed by atoms with E-state index in [0.29, 0.717) is 29.0 Å². The first-order valence-corrected chi connectivity index (χ1v) is 5.57. The van der Waals surface area contributed by atoms with Crippen molar-refractivity contribution in [2.45, 2.75) is 27.2 Å². The Bertz CT molecular complexity index is 476. The summed E-state index contributed by atoms with van der Waals surface area (Å²) in [4.78, 5) is 24.1. The molecule has 0 saturated carbocycles. The van der Waals surface area contributed by atoms with Gasteiger partial charge >= 0.3 is 0 Å². The van der Waals surface area contributed by atoms with Gasteiger partial charge in [-0.05, 0) is 12.3 Å². The van der Waals surface area contributed by atoms with E-state index in [1.54, 1.807) is 0 Å². The molecular weight excluding hydrogens is 220 g/mol. The molecule has 0 saturated heterocycles. The zero-order valence-corrected chi connectivity index (χ0v) is 10.2. The van der Waals surface area contributed by atoms with E-state index in [-0.39, 0.29) is 17.7 Å². The molecule has 17 heavy (non-hydrogen) atoms. The maximum absolute atomic E-state index is 12.0. The number of hydrogen-bond donors (Lipinski definition) is 2. The average molecular weight is 236 g/mol. The van der Waals surface area contributed by atoms with Crippen LogP contribution in [0, 0.1) is 5.92 Å². The third kappa shape index (κ3) is 1.34. The second-order valence-electron chi connectivity index (χ2n) is 4.44. The summed E-state index contributed by atoms with van der Waals surface area (Å²) < 4.78 is 0. The fraction of sp³-hybridized carbons (Fsp3) is 0.455. The molecule has 92 valence electrons. The van der Waals surface area contributed by atoms with E-state index in [4.69, 9.17) is 11.7 Å². The monoisotopic (exact) mass is 236 g/mol. The van der Waals surface area contributed by atoms with Crippen LogP contribution >= 0.6 is 0 Å². The van der Waals surface area contributed by atoms with Crippen LogP contribution in [0.4, 0.5) is 0 Å². The molecule has 0 aliphatic carbocycles. The van der Waals surface area contributed by atoms with Crippen molar-refractivity contribution >= 4 is 11.8 Å². The van der Waals surface area contributed by atoms with Gasteiger partial charge in [-0.3, -0.25) is 9.59 Å². The second-order valence-corrected chi connectivity index (χ2v) is 4.44. The van der Waals surface area contributed by atoms with Gasteiger partial charge in [0.05, 0.1) is 22.5 Å². The summed E-state index contributed by atoms with van der Waals surface area (Å²) >= 11 is 0. The summed E-state index contributed by atoms with van der Waals surface area (Å²) in [5.74, 6) is 10.7. The standard InChI is InChI=1S/C11H16N4O2/c1-4-6-7-8(11(17)14(6)12)9(5(2)3)15(13)10(7)16/h5H,4,12-13H2,1-3H3. The summed E-state index contributed by atoms with van der Waals surface area (Å²) in [5, 5.41) is 2.12. The van der Waals surface area contributed by atoms with Gasteiger partial charge in [0.1, 0.15) is 0 Å². The maximum Gasteiger partial charge on any atom is 0.274 e. The Kier molecular flexibility index (Phi) is 2.56. The largest absolute Gasteiger partial charge is 0.274 e. The first-order valence-electron chi connectivity index (χ1n) is 5.57. The molecule has 2 rings (SSSR count). The number of amides is 2. The van der Waals surface area contributed by atoms with Crippen LogP contribution in [-0.4, -0.2) is 21.8 Å². The lowest BCUT2D eigenvalue weighted by Gasteiger charge is -2.19. The zero-order chi connectivity index (χ0) is 12.9. The van der Waals surface area contributed by atoms with Crippen LogP contribution in [0.1, 0.15) is 27.2 Å². The lowest BCUT2D eigenvalue weighted by molar-refractivity contribution is -0.124. The van der Waals surface area contributed by atoms with E-state index < -0.39 is 0 Å². The van der Waals surface area contributed by atoms with Gasteiger partial charge in [0.15, 0.2) is 0 Å². The van der Waals surface area contributed by atoms with E-state index in [1.807, 2.05) is 20.8 Å². The predicted octanol–water partition coefficient (Wildman–Crippen LogP) is -0.00760. The van der Waals surface area contributed by atoms with Crippen molar-refractivity contribution in [3.8, 4) is 0 Å². The Balaban J connectivity index is 2.69. The van der Waals surface area contributed by atoms with Gasteiger partial charge in [-0.25, -0.2) is 21.7 Å². The second kappa shape index (κ2) is 3.68. The molecule has 4 N–H and O–H groups in total. The van der Waals surface area contributed by atoms with Gasteiger partial charge in [-0.1, -0.05) is 20.8 Å². The fourth-order valence-corrected chi connectivity index (χ4v) is 2.35. The summed E-state index contributed by atoms with van der Waals surface area (Å²) in [6.45, 7) is 5.62. The fourth-order valence-electron chi connectivity index (χ4n) is 2.35. The Morgan fingerprint density at radius 1 is 1.06 bits per heavy atom. The summed E-state index contributed by atoms with van der Waals surface area (Å²) in [7, 11) is 0. The molecule has 2 aliphatic heterocycles. The van der Waals surface area contributed by atoms with Gasteiger partial charge in [0.25, 0.3) is 11.8 Å². The van der Waals surface area contributed by atoms with Crippen molar-refractivity contribution in [1.82, 2.24) is 10.0 Å². The van der Waals surface area contributed by atoms with Crippen molar-refractivity contribution in [1.29, 1.82) is 0 Å². The molecule has 0 aromatic rings. The van der Waals surface area contributed by atoms with Crippen molar-refractivity contribution in [2.24, 2.45) is 17.6 Å². The highest BCUT2D eigenvalue weighted by atomic mass is 16.2. The number of rotatable bonds is 2. The topological polar surface area (TPSA) is 92.7 Å². The Morgan fingerprint density at radius 3 is 2.06 bits per heavy atom. The van der Waals surface area contributed by atoms with Crippen LogP contribution in [0.2, 0.25) is 0 Å². The molecule has 0 spiro atoms. The normalized spacial score (nSPS) is 20.4. The lowest BCUT2D eigenvalue weighted by Crippen LogP contribution is -2.38. The van der Waals surface area contributed by atoms with Crippen LogP contribution < -0.4 is 11.7 Å². The molecule has 2 aliphatic rings. The minimum atomic E-state index is -0.346. The van der Waals surface area contributed by atoms with Crippen molar-refractivity contribution < 1.29 is 9.59 Å². The maximum atomic E-state index is 12.0. The third-order valence-corrected chi connectivity index (χ3v) is 3.09. The van der Waals surface area contributed by atoms with Crippen LogP contribution in [0.25, 0.3) is 0 Å². The third-order valence-electron chi connectivity index (χ3n) is 3.09. The van der Waals surface area contributed by atoms with E-state index in [2.05, 4.69) is 0 Å². The van der Waals surface area contributed by atoms with Gasteiger partial charge in [-0.2, -0.15) is 0 Å². The molecule has 0 aromatic carbocycles. The number of carbonyl (C=O) groups is 2. The highest BCUT2D eigenvalue weighted by Crippen LogP contribution is 2.39. The van der Waals surface area contributed by atoms with Gasteiger partial charge in [-0.15, -0.1) is 0 Å². The summed E-state index contributed by atoms with van der Waals surface area (Å²) in [6.07, 6.45) is 0.520. The van der Waals surface area contributed by atoms with Crippen molar-refractivity contribution in [2.75, 3.05) is 0 Å². The number of hydrogen-bond acceptors (Lipinski definition) is 4. The molecule has 0 bridgehead atoms. The first kappa shape index (κ1) is 11.8. The van der Waals surface area contributed by atoms with Gasteiger partial charge in [0, 0.05) is 0 Å². The first-order chi connectivity index (χ1) is 7.91. The average Bonchev–Trinajstić information content (AvgIpc) is 2.66. The smallest absolute Gasteiger partial charge is 0.267 e. The molecule has 2 amide bonds. The van der Waals surface area contributed by atoms with E-state index in [1.165, 1.54) is 0 Å². The van der Waals surface area contributed by atoms with Crippen molar-refractivity contribution in [3.63, 3.8) is 0 Å². The van der Waals surface area contributed by atoms with E-state index >= 15 is 0 Å². The van der Waals surface area contributed by atoms with Gasteiger partial charge in [0.2, 0.25) is 0 Å². The molecule has 0 atom stereocenters. The van der Waals surface area contributed by atoms with Crippen LogP contribution in [0.15, 0.2) is 22.5 Å². The van der Waals surface area contributed by atoms with Gasteiger partial charge < -0.3 is 0 Å². The molecule has 6 nitrogen and oxygen atoms in total. The Morgan fingerprint density at radius 2 is 1.59 bits per heavy atom. The molecule has 0 fully saturated rings. The van der Waals surface area contributed by atoms with E-state index in [9.17, 15) is 9.59 Å². The minimum Gasteiger partial charge on any atom is -0.267 e. The number of allylic oxidation sites excluding steroid dienone is 2. The number of carbonyl (C=O) groups excluding carboxylic acids is 2. The minimum absolute atomic E-state index is 0.00925. The summed E-state index contributed by atoms with van der Waals surface area (Å²) in [6, 6.07) is 0. The van der Waals surface area contributed by atoms with E-state index in [0.717, 1.165) is 10.0 Å². The number of nitrogens with zero attached hydrogens (tertiary/aromatic N) is 2. The van der Waals surface area contributed by atoms with Crippen LogP contribution in [-0.2, 0) is 9.59 Å². The Labute approximate surface area is 99.5 Å². The molecule has 0 unspecified atom stereocenters. The highest BCUT2D eigenvalue weighted by Gasteiger charge is 2.46. The van der Waals surface area contributed by atoms with Crippen LogP contribution in [0.5, 0.6) is 0 Å². The number of hydrazine groups is 2. The highest BCUT2D eigenvalue weighted by molar-refractivity contribution is 6.18. The number of fused-ring (bicyclic) bond motifs is 1. The Hall–Kier alpha value is -1.66. The molecule has 0 radical (unpaired) electrons. The SMILES string of the molecule is CCC1=C2C(=O)N(N)C(C(C)C)=C2C(=O)N1N. The quantitative estimate of drug-likeness (QED) is 0.521. The molecule has 6 heteroatoms. The van der Waals surface area contributed by atoms with Crippen molar-refractivity contribution in [3.05, 3.63) is 22.5 Å². The van der Waals surface area contributed by atoms with Crippen LogP contribution in [0.3, 0.4) is 0 Å².